The molecular weight excluding hydrogens is 289 g/mol. The van der Waals surface area contributed by atoms with E-state index < -0.39 is 5.82 Å². The van der Waals surface area contributed by atoms with Crippen LogP contribution in [0.5, 0.6) is 0 Å². The molecule has 0 radical (unpaired) electrons. The van der Waals surface area contributed by atoms with Crippen LogP contribution in [0.3, 0.4) is 0 Å². The summed E-state index contributed by atoms with van der Waals surface area (Å²) in [7, 11) is 0. The molecule has 1 N–H and O–H groups in total. The minimum Gasteiger partial charge on any atom is -0.380 e. The Morgan fingerprint density at radius 2 is 2.00 bits per heavy atom. The van der Waals surface area contributed by atoms with Gasteiger partial charge in [-0.15, -0.1) is 0 Å². The Labute approximate surface area is 128 Å². The molecule has 1 aromatic heterocycles. The van der Waals surface area contributed by atoms with Gasteiger partial charge in [-0.3, -0.25) is 0 Å². The summed E-state index contributed by atoms with van der Waals surface area (Å²) in [6, 6.07) is 8.86. The highest BCUT2D eigenvalue weighted by atomic mass is 35.5. The van der Waals surface area contributed by atoms with Crippen molar-refractivity contribution < 1.29 is 4.39 Å². The van der Waals surface area contributed by atoms with Gasteiger partial charge in [0.1, 0.15) is 11.6 Å². The summed E-state index contributed by atoms with van der Waals surface area (Å²) in [5.74, 6) is 0.633. The number of rotatable bonds is 4. The number of nitrogens with one attached hydrogen (secondary N) is 1. The van der Waals surface area contributed by atoms with Gasteiger partial charge in [0, 0.05) is 19.6 Å². The van der Waals surface area contributed by atoms with Gasteiger partial charge in [0.25, 0.3) is 0 Å². The molecule has 2 aromatic rings. The Hall–Kier alpha value is -1.81. The first-order valence-corrected chi connectivity index (χ1v) is 7.49. The lowest BCUT2D eigenvalue weighted by molar-refractivity contribution is 0.626. The molecule has 110 valence electrons. The number of benzene rings is 1. The van der Waals surface area contributed by atoms with Crippen molar-refractivity contribution >= 4 is 23.1 Å². The first kappa shape index (κ1) is 14.1. The average Bonchev–Trinajstić information content (AvgIpc) is 3.03. The van der Waals surface area contributed by atoms with E-state index in [1.165, 1.54) is 18.9 Å². The predicted molar refractivity (Wildman–Crippen MR) is 84.4 cm³/mol. The number of aromatic nitrogens is 1. The second-order valence-electron chi connectivity index (χ2n) is 5.20. The molecule has 1 aliphatic rings. The zero-order valence-electron chi connectivity index (χ0n) is 11.6. The Bertz CT molecular complexity index is 609. The van der Waals surface area contributed by atoms with Crippen LogP contribution in [-0.4, -0.2) is 18.1 Å². The molecule has 0 aliphatic carbocycles. The third-order valence-corrected chi connectivity index (χ3v) is 3.97. The van der Waals surface area contributed by atoms with E-state index in [-0.39, 0.29) is 5.02 Å². The van der Waals surface area contributed by atoms with Crippen molar-refractivity contribution in [3.63, 3.8) is 0 Å². The molecule has 1 fully saturated rings. The fourth-order valence-electron chi connectivity index (χ4n) is 2.48. The molecule has 1 saturated heterocycles. The Balaban J connectivity index is 1.61. The molecule has 0 bridgehead atoms. The third-order valence-electron chi connectivity index (χ3n) is 3.66. The maximum absolute atomic E-state index is 13.4. The van der Waals surface area contributed by atoms with Crippen LogP contribution in [-0.2, 0) is 6.54 Å². The van der Waals surface area contributed by atoms with Crippen LogP contribution in [0.15, 0.2) is 36.5 Å². The zero-order valence-corrected chi connectivity index (χ0v) is 12.4. The van der Waals surface area contributed by atoms with Crippen molar-refractivity contribution in [3.8, 4) is 0 Å². The molecule has 0 amide bonds. The fourth-order valence-corrected chi connectivity index (χ4v) is 2.60. The van der Waals surface area contributed by atoms with E-state index in [2.05, 4.69) is 15.2 Å². The summed E-state index contributed by atoms with van der Waals surface area (Å²) < 4.78 is 13.4. The number of nitrogens with zero attached hydrogens (tertiary/aromatic N) is 2. The molecular formula is C16H17ClFN3. The minimum atomic E-state index is -0.390. The van der Waals surface area contributed by atoms with Gasteiger partial charge in [-0.05, 0) is 42.7 Å². The van der Waals surface area contributed by atoms with Crippen molar-refractivity contribution in [1.29, 1.82) is 0 Å². The Morgan fingerprint density at radius 1 is 1.19 bits per heavy atom. The van der Waals surface area contributed by atoms with Crippen molar-refractivity contribution in [1.82, 2.24) is 4.98 Å². The lowest BCUT2D eigenvalue weighted by Gasteiger charge is -2.16. The first-order valence-electron chi connectivity index (χ1n) is 7.11. The van der Waals surface area contributed by atoms with Gasteiger partial charge >= 0.3 is 0 Å². The van der Waals surface area contributed by atoms with E-state index >= 15 is 0 Å². The highest BCUT2D eigenvalue weighted by molar-refractivity contribution is 6.30. The molecule has 2 heterocycles. The van der Waals surface area contributed by atoms with E-state index in [0.717, 1.165) is 30.2 Å². The van der Waals surface area contributed by atoms with Crippen LogP contribution >= 0.6 is 11.6 Å². The van der Waals surface area contributed by atoms with E-state index in [9.17, 15) is 4.39 Å². The van der Waals surface area contributed by atoms with Crippen LogP contribution in [0.2, 0.25) is 5.02 Å². The summed E-state index contributed by atoms with van der Waals surface area (Å²) >= 11 is 5.67. The monoisotopic (exact) mass is 305 g/mol. The SMILES string of the molecule is Fc1cc(CNc2ccc(N3CCCC3)nc2)ccc1Cl. The van der Waals surface area contributed by atoms with E-state index in [0.29, 0.717) is 6.54 Å². The summed E-state index contributed by atoms with van der Waals surface area (Å²) in [6.45, 7) is 2.71. The van der Waals surface area contributed by atoms with E-state index in [4.69, 9.17) is 11.6 Å². The zero-order chi connectivity index (χ0) is 14.7. The Morgan fingerprint density at radius 3 is 2.67 bits per heavy atom. The maximum atomic E-state index is 13.4. The van der Waals surface area contributed by atoms with Gasteiger partial charge in [-0.1, -0.05) is 17.7 Å². The Kier molecular flexibility index (Phi) is 4.25. The summed E-state index contributed by atoms with van der Waals surface area (Å²) in [5.41, 5.74) is 1.77. The lowest BCUT2D eigenvalue weighted by atomic mass is 10.2. The van der Waals surface area contributed by atoms with Gasteiger partial charge in [-0.2, -0.15) is 0 Å². The standard InChI is InChI=1S/C16H17ClFN3/c17-14-5-3-12(9-15(14)18)10-19-13-4-6-16(20-11-13)21-7-1-2-8-21/h3-6,9,11,19H,1-2,7-8,10H2. The quantitative estimate of drug-likeness (QED) is 0.922. The number of pyridine rings is 1. The third kappa shape index (κ3) is 3.45. The molecule has 1 aliphatic heterocycles. The maximum Gasteiger partial charge on any atom is 0.142 e. The molecule has 0 saturated carbocycles. The highest BCUT2D eigenvalue weighted by Crippen LogP contribution is 2.20. The van der Waals surface area contributed by atoms with E-state index in [1.807, 2.05) is 24.4 Å². The van der Waals surface area contributed by atoms with Gasteiger partial charge in [-0.25, -0.2) is 9.37 Å². The average molecular weight is 306 g/mol. The molecule has 1 aromatic carbocycles. The molecule has 5 heteroatoms. The lowest BCUT2D eigenvalue weighted by Crippen LogP contribution is -2.18. The van der Waals surface area contributed by atoms with Gasteiger partial charge < -0.3 is 10.2 Å². The van der Waals surface area contributed by atoms with Crippen LogP contribution < -0.4 is 10.2 Å². The highest BCUT2D eigenvalue weighted by Gasteiger charge is 2.12. The van der Waals surface area contributed by atoms with Crippen molar-refractivity contribution in [3.05, 3.63) is 52.9 Å². The topological polar surface area (TPSA) is 28.2 Å². The van der Waals surface area contributed by atoms with E-state index in [1.54, 1.807) is 6.07 Å². The number of hydrogen-bond donors (Lipinski definition) is 1. The van der Waals surface area contributed by atoms with Crippen LogP contribution in [0.25, 0.3) is 0 Å². The van der Waals surface area contributed by atoms with Crippen molar-refractivity contribution in [2.24, 2.45) is 0 Å². The van der Waals surface area contributed by atoms with Crippen LogP contribution in [0.4, 0.5) is 15.9 Å². The number of hydrogen-bond acceptors (Lipinski definition) is 3. The number of anilines is 2. The van der Waals surface area contributed by atoms with Gasteiger partial charge in [0.2, 0.25) is 0 Å². The predicted octanol–water partition coefficient (Wildman–Crippen LogP) is 4.09. The molecule has 3 nitrogen and oxygen atoms in total. The van der Waals surface area contributed by atoms with Crippen molar-refractivity contribution in [2.75, 3.05) is 23.3 Å². The second-order valence-corrected chi connectivity index (χ2v) is 5.61. The van der Waals surface area contributed by atoms with Crippen LogP contribution in [0, 0.1) is 5.82 Å². The summed E-state index contributed by atoms with van der Waals surface area (Å²) in [4.78, 5) is 6.76. The molecule has 0 atom stereocenters. The van der Waals surface area contributed by atoms with Gasteiger partial charge in [0.15, 0.2) is 0 Å². The molecule has 3 rings (SSSR count). The summed E-state index contributed by atoms with van der Waals surface area (Å²) in [6.07, 6.45) is 4.30. The largest absolute Gasteiger partial charge is 0.380 e. The number of halogens is 2. The first-order chi connectivity index (χ1) is 10.2. The fraction of sp³-hybridized carbons (Fsp3) is 0.312. The minimum absolute atomic E-state index is 0.149. The molecule has 21 heavy (non-hydrogen) atoms. The summed E-state index contributed by atoms with van der Waals surface area (Å²) in [5, 5.41) is 3.38. The smallest absolute Gasteiger partial charge is 0.142 e. The van der Waals surface area contributed by atoms with Crippen LogP contribution in [0.1, 0.15) is 18.4 Å². The molecule has 0 unspecified atom stereocenters. The second kappa shape index (κ2) is 6.31. The molecule has 0 spiro atoms. The van der Waals surface area contributed by atoms with Gasteiger partial charge in [0.05, 0.1) is 16.9 Å². The normalized spacial score (nSPS) is 14.5. The van der Waals surface area contributed by atoms with Crippen molar-refractivity contribution in [2.45, 2.75) is 19.4 Å².